The van der Waals surface area contributed by atoms with Crippen molar-refractivity contribution < 1.29 is 0 Å². The number of nitrogens with zero attached hydrogens (tertiary/aromatic N) is 4. The quantitative estimate of drug-likeness (QED) is 0.627. The number of aliphatic imine (C=N–C) groups is 4. The fourth-order valence-electron chi connectivity index (χ4n) is 4.24. The molecule has 2 aromatic heterocycles. The van der Waals surface area contributed by atoms with E-state index in [1.807, 2.05) is 97.2 Å². The zero-order chi connectivity index (χ0) is 22.5. The standard InChI is InChI=1S/C28H18N6/c1-2-18-14-22-6-10-27(32-22)28-12-8-24(34-28)16-20-4-3-19(30-20)15-23-7-11-26(33-23)25-9-5-21(31-25)13-17(1)29-18/h1-16,29-30H. The van der Waals surface area contributed by atoms with Gasteiger partial charge < -0.3 is 9.97 Å². The van der Waals surface area contributed by atoms with E-state index in [2.05, 4.69) is 9.97 Å². The molecule has 2 N–H and O–H groups in total. The lowest BCUT2D eigenvalue weighted by Crippen LogP contribution is -2.12. The molecular weight excluding hydrogens is 420 g/mol. The summed E-state index contributed by atoms with van der Waals surface area (Å²) in [7, 11) is 0. The minimum absolute atomic E-state index is 0.860. The normalized spacial score (nSPS) is 19.5. The monoisotopic (exact) mass is 438 g/mol. The molecule has 0 aliphatic carbocycles. The molecule has 12 bridgehead atoms. The molecule has 0 amide bonds. The number of nitrogens with one attached hydrogen (secondary N) is 2. The van der Waals surface area contributed by atoms with Crippen LogP contribution in [0.25, 0.3) is 24.3 Å². The van der Waals surface area contributed by atoms with Crippen LogP contribution in [-0.2, 0) is 0 Å². The summed E-state index contributed by atoms with van der Waals surface area (Å²) in [6.07, 6.45) is 24.1. The summed E-state index contributed by atoms with van der Waals surface area (Å²) in [5.74, 6) is 0. The number of aromatic nitrogens is 2. The highest BCUT2D eigenvalue weighted by atomic mass is 14.9. The van der Waals surface area contributed by atoms with E-state index in [1.165, 1.54) is 0 Å². The van der Waals surface area contributed by atoms with Crippen molar-refractivity contribution in [3.63, 3.8) is 0 Å². The minimum Gasteiger partial charge on any atom is -0.355 e. The number of hydrogen-bond acceptors (Lipinski definition) is 4. The topological polar surface area (TPSA) is 81.0 Å². The molecule has 6 nitrogen and oxygen atoms in total. The summed E-state index contributed by atoms with van der Waals surface area (Å²) in [5, 5.41) is 3.92. The Morgan fingerprint density at radius 3 is 0.882 bits per heavy atom. The number of fused-ring (bicyclic) bond motifs is 8. The minimum atomic E-state index is 0.860. The molecule has 5 aliphatic heterocycles. The van der Waals surface area contributed by atoms with Crippen molar-refractivity contribution in [2.24, 2.45) is 20.0 Å². The van der Waals surface area contributed by atoms with Gasteiger partial charge in [-0.3, -0.25) is 0 Å². The fraction of sp³-hybridized carbons (Fsp3) is 0. The highest BCUT2D eigenvalue weighted by molar-refractivity contribution is 6.22. The molecule has 2 aromatic rings. The molecule has 7 rings (SSSR count). The van der Waals surface area contributed by atoms with E-state index in [-0.39, 0.29) is 0 Å². The van der Waals surface area contributed by atoms with Crippen LogP contribution in [0, 0.1) is 0 Å². The van der Waals surface area contributed by atoms with E-state index in [1.54, 1.807) is 0 Å². The summed E-state index contributed by atoms with van der Waals surface area (Å²) in [5.41, 5.74) is 6.98. The van der Waals surface area contributed by atoms with E-state index < -0.39 is 0 Å². The predicted molar refractivity (Wildman–Crippen MR) is 138 cm³/mol. The van der Waals surface area contributed by atoms with E-state index in [9.17, 15) is 0 Å². The van der Waals surface area contributed by atoms with Gasteiger partial charge in [0, 0.05) is 21.4 Å². The van der Waals surface area contributed by atoms with E-state index in [0.717, 1.165) is 67.0 Å². The lowest BCUT2D eigenvalue weighted by molar-refractivity contribution is 1.27. The Morgan fingerprint density at radius 2 is 0.618 bits per heavy atom. The summed E-state index contributed by atoms with van der Waals surface area (Å²) in [6, 6.07) is 8.16. The van der Waals surface area contributed by atoms with E-state index in [0.29, 0.717) is 0 Å². The first-order chi connectivity index (χ1) is 16.7. The SMILES string of the molecule is C1=CC2=C3C=CC(=N3)C=c3ccc([nH]3)=CC3=NC(=C4C=CC(=N4)C=c4ccc([nH]4)=CC1=N2)C=C3. The average Bonchev–Trinajstić information content (AvgIpc) is 3.64. The second-order valence-corrected chi connectivity index (χ2v) is 8.34. The third-order valence-electron chi connectivity index (χ3n) is 5.85. The molecule has 5 aliphatic rings. The van der Waals surface area contributed by atoms with Crippen LogP contribution in [0.3, 0.4) is 0 Å². The molecule has 0 atom stereocenters. The third kappa shape index (κ3) is 3.47. The van der Waals surface area contributed by atoms with Crippen LogP contribution >= 0.6 is 0 Å². The highest BCUT2D eigenvalue weighted by Gasteiger charge is 2.12. The maximum Gasteiger partial charge on any atom is 0.0894 e. The van der Waals surface area contributed by atoms with Crippen LogP contribution in [0.4, 0.5) is 0 Å². The number of H-pyrrole nitrogens is 2. The first-order valence-electron chi connectivity index (χ1n) is 11.1. The van der Waals surface area contributed by atoms with Gasteiger partial charge in [-0.2, -0.15) is 0 Å². The molecule has 34 heavy (non-hydrogen) atoms. The first-order valence-corrected chi connectivity index (χ1v) is 11.1. The zero-order valence-electron chi connectivity index (χ0n) is 18.0. The molecule has 160 valence electrons. The van der Waals surface area contributed by atoms with Gasteiger partial charge in [0.2, 0.25) is 0 Å². The Balaban J connectivity index is 1.40. The molecule has 0 saturated carbocycles. The maximum absolute atomic E-state index is 4.74. The van der Waals surface area contributed by atoms with E-state index >= 15 is 0 Å². The number of rotatable bonds is 0. The van der Waals surface area contributed by atoms with Crippen molar-refractivity contribution in [2.75, 3.05) is 0 Å². The largest absolute Gasteiger partial charge is 0.355 e. The molecule has 0 unspecified atom stereocenters. The van der Waals surface area contributed by atoms with Crippen LogP contribution in [0.1, 0.15) is 0 Å². The lowest BCUT2D eigenvalue weighted by Gasteiger charge is -1.93. The van der Waals surface area contributed by atoms with Crippen LogP contribution in [0.5, 0.6) is 0 Å². The zero-order valence-corrected chi connectivity index (χ0v) is 18.0. The Morgan fingerprint density at radius 1 is 0.353 bits per heavy atom. The first kappa shape index (κ1) is 18.7. The van der Waals surface area contributed by atoms with Crippen LogP contribution in [0.15, 0.2) is 116 Å². The van der Waals surface area contributed by atoms with Gasteiger partial charge in [0.05, 0.1) is 45.6 Å². The second kappa shape index (κ2) is 7.35. The van der Waals surface area contributed by atoms with Crippen molar-refractivity contribution in [1.29, 1.82) is 0 Å². The molecule has 7 heterocycles. The van der Waals surface area contributed by atoms with Crippen molar-refractivity contribution in [3.8, 4) is 0 Å². The molecule has 0 saturated heterocycles. The van der Waals surface area contributed by atoms with Gasteiger partial charge >= 0.3 is 0 Å². The molecule has 0 fully saturated rings. The summed E-state index contributed by atoms with van der Waals surface area (Å²) in [6.45, 7) is 0. The smallest absolute Gasteiger partial charge is 0.0894 e. The molecular formula is C28H18N6. The molecule has 0 spiro atoms. The van der Waals surface area contributed by atoms with E-state index in [4.69, 9.17) is 20.0 Å². The molecule has 0 radical (unpaired) electrons. The Bertz CT molecular complexity index is 1570. The number of hydrogen-bond donors (Lipinski definition) is 2. The van der Waals surface area contributed by atoms with Crippen molar-refractivity contribution in [1.82, 2.24) is 9.97 Å². The van der Waals surface area contributed by atoms with Gasteiger partial charge in [0.25, 0.3) is 0 Å². The molecule has 6 heteroatoms. The van der Waals surface area contributed by atoms with Crippen LogP contribution in [0.2, 0.25) is 0 Å². The average molecular weight is 438 g/mol. The van der Waals surface area contributed by atoms with Crippen LogP contribution in [-0.4, -0.2) is 32.8 Å². The molecule has 0 aromatic carbocycles. The van der Waals surface area contributed by atoms with Crippen molar-refractivity contribution in [2.45, 2.75) is 0 Å². The van der Waals surface area contributed by atoms with Gasteiger partial charge in [-0.15, -0.1) is 0 Å². The van der Waals surface area contributed by atoms with Crippen molar-refractivity contribution in [3.05, 3.63) is 117 Å². The summed E-state index contributed by atoms with van der Waals surface area (Å²) in [4.78, 5) is 25.8. The highest BCUT2D eigenvalue weighted by Crippen LogP contribution is 2.22. The predicted octanol–water partition coefficient (Wildman–Crippen LogP) is 1.64. The Labute approximate surface area is 194 Å². The number of aromatic amines is 2. The fourth-order valence-corrected chi connectivity index (χ4v) is 4.24. The van der Waals surface area contributed by atoms with Gasteiger partial charge in [-0.05, 0) is 97.2 Å². The second-order valence-electron chi connectivity index (χ2n) is 8.34. The van der Waals surface area contributed by atoms with Gasteiger partial charge in [0.1, 0.15) is 0 Å². The Hall–Kier alpha value is -4.84. The lowest BCUT2D eigenvalue weighted by atomic mass is 10.3. The van der Waals surface area contributed by atoms with Gasteiger partial charge in [-0.25, -0.2) is 20.0 Å². The van der Waals surface area contributed by atoms with Crippen LogP contribution < -0.4 is 21.4 Å². The maximum atomic E-state index is 4.74. The van der Waals surface area contributed by atoms with Crippen molar-refractivity contribution >= 4 is 47.2 Å². The van der Waals surface area contributed by atoms with Gasteiger partial charge in [0.15, 0.2) is 0 Å². The summed E-state index contributed by atoms with van der Waals surface area (Å²) >= 11 is 0. The Kier molecular flexibility index (Phi) is 4.04. The van der Waals surface area contributed by atoms with Gasteiger partial charge in [-0.1, -0.05) is 0 Å². The third-order valence-corrected chi connectivity index (χ3v) is 5.85. The number of allylic oxidation sites excluding steroid dienone is 8. The summed E-state index contributed by atoms with van der Waals surface area (Å²) < 4.78 is 0.